The molecular formula is C20H18N2O2. The van der Waals surface area contributed by atoms with Crippen molar-refractivity contribution in [2.45, 2.75) is 13.8 Å². The zero-order valence-electron chi connectivity index (χ0n) is 13.6. The maximum atomic E-state index is 12.0. The van der Waals surface area contributed by atoms with Crippen LogP contribution in [0.5, 0.6) is 0 Å². The van der Waals surface area contributed by atoms with E-state index in [0.29, 0.717) is 11.3 Å². The molecule has 3 aromatic rings. The van der Waals surface area contributed by atoms with E-state index in [2.05, 4.69) is 22.7 Å². The van der Waals surface area contributed by atoms with Crippen molar-refractivity contribution < 1.29 is 9.21 Å². The Morgan fingerprint density at radius 3 is 2.25 bits per heavy atom. The molecule has 0 atom stereocenters. The quantitative estimate of drug-likeness (QED) is 0.572. The number of hydrogen-bond donors (Lipinski definition) is 1. The Morgan fingerprint density at radius 2 is 1.62 bits per heavy atom. The number of furan rings is 1. The smallest absolute Gasteiger partial charge is 0.274 e. The summed E-state index contributed by atoms with van der Waals surface area (Å²) in [5.41, 5.74) is 7.06. The van der Waals surface area contributed by atoms with E-state index in [1.807, 2.05) is 49.4 Å². The van der Waals surface area contributed by atoms with Crippen molar-refractivity contribution in [1.82, 2.24) is 5.43 Å². The molecular weight excluding hydrogens is 300 g/mol. The first-order valence-electron chi connectivity index (χ1n) is 7.70. The van der Waals surface area contributed by atoms with Crippen molar-refractivity contribution in [2.24, 2.45) is 5.10 Å². The van der Waals surface area contributed by atoms with Crippen LogP contribution >= 0.6 is 0 Å². The maximum Gasteiger partial charge on any atom is 0.274 e. The lowest BCUT2D eigenvalue weighted by Gasteiger charge is -2.05. The van der Waals surface area contributed by atoms with Crippen molar-refractivity contribution in [3.8, 4) is 11.1 Å². The van der Waals surface area contributed by atoms with Gasteiger partial charge in [-0.1, -0.05) is 54.6 Å². The predicted molar refractivity (Wildman–Crippen MR) is 95.0 cm³/mol. The summed E-state index contributed by atoms with van der Waals surface area (Å²) in [5, 5.41) is 4.17. The first kappa shape index (κ1) is 15.7. The summed E-state index contributed by atoms with van der Waals surface area (Å²) >= 11 is 0. The van der Waals surface area contributed by atoms with Crippen molar-refractivity contribution in [2.75, 3.05) is 0 Å². The van der Waals surface area contributed by atoms with Gasteiger partial charge in [0.2, 0.25) is 0 Å². The lowest BCUT2D eigenvalue weighted by molar-refractivity contribution is 0.0953. The Bertz CT molecular complexity index is 862. The topological polar surface area (TPSA) is 54.6 Å². The number of carbonyl (C=O) groups is 1. The second-order valence-corrected chi connectivity index (χ2v) is 5.47. The summed E-state index contributed by atoms with van der Waals surface area (Å²) in [5.74, 6) is 0.300. The second-order valence-electron chi connectivity index (χ2n) is 5.47. The monoisotopic (exact) mass is 318 g/mol. The lowest BCUT2D eigenvalue weighted by Crippen LogP contribution is -2.19. The molecule has 24 heavy (non-hydrogen) atoms. The number of amides is 1. The van der Waals surface area contributed by atoms with Gasteiger partial charge in [-0.05, 0) is 36.6 Å². The zero-order chi connectivity index (χ0) is 16.9. The van der Waals surface area contributed by atoms with Gasteiger partial charge < -0.3 is 4.42 Å². The summed E-state index contributed by atoms with van der Waals surface area (Å²) in [6.45, 7) is 3.60. The molecule has 0 spiro atoms. The number of nitrogens with zero attached hydrogens (tertiary/aromatic N) is 1. The average Bonchev–Trinajstić information content (AvgIpc) is 3.06. The van der Waals surface area contributed by atoms with Gasteiger partial charge in [-0.2, -0.15) is 5.10 Å². The first-order chi connectivity index (χ1) is 11.6. The van der Waals surface area contributed by atoms with Crippen LogP contribution in [0.25, 0.3) is 11.1 Å². The third kappa shape index (κ3) is 3.43. The molecule has 1 heterocycles. The predicted octanol–water partition coefficient (Wildman–Crippen LogP) is 4.41. The number of rotatable bonds is 4. The number of benzene rings is 2. The van der Waals surface area contributed by atoms with Gasteiger partial charge in [-0.3, -0.25) is 4.79 Å². The van der Waals surface area contributed by atoms with Gasteiger partial charge in [0.15, 0.2) is 0 Å². The largest absolute Gasteiger partial charge is 0.469 e. The van der Waals surface area contributed by atoms with Crippen LogP contribution in [0.15, 0.2) is 76.4 Å². The minimum Gasteiger partial charge on any atom is -0.469 e. The number of carbonyl (C=O) groups excluding carboxylic acids is 1. The van der Waals surface area contributed by atoms with Gasteiger partial charge in [-0.25, -0.2) is 5.43 Å². The fourth-order valence-corrected chi connectivity index (χ4v) is 2.41. The molecule has 0 radical (unpaired) electrons. The molecule has 0 aliphatic carbocycles. The number of aryl methyl sites for hydroxylation is 1. The van der Waals surface area contributed by atoms with Crippen LogP contribution < -0.4 is 5.43 Å². The molecule has 0 aliphatic heterocycles. The molecule has 4 nitrogen and oxygen atoms in total. The van der Waals surface area contributed by atoms with Crippen LogP contribution in [0, 0.1) is 6.92 Å². The Hall–Kier alpha value is -3.14. The van der Waals surface area contributed by atoms with Gasteiger partial charge in [0.1, 0.15) is 5.76 Å². The van der Waals surface area contributed by atoms with Crippen molar-refractivity contribution in [3.05, 3.63) is 83.8 Å². The molecule has 1 amide bonds. The highest BCUT2D eigenvalue weighted by Gasteiger charge is 2.10. The van der Waals surface area contributed by atoms with E-state index in [-0.39, 0.29) is 5.91 Å². The Kier molecular flexibility index (Phi) is 4.57. The van der Waals surface area contributed by atoms with Crippen molar-refractivity contribution in [3.63, 3.8) is 0 Å². The molecule has 0 aliphatic rings. The van der Waals surface area contributed by atoms with E-state index >= 15 is 0 Å². The van der Waals surface area contributed by atoms with Crippen LogP contribution in [-0.4, -0.2) is 11.6 Å². The molecule has 4 heteroatoms. The molecule has 120 valence electrons. The number of hydrogen-bond acceptors (Lipinski definition) is 3. The highest BCUT2D eigenvalue weighted by Crippen LogP contribution is 2.19. The molecule has 3 rings (SSSR count). The number of hydrazone groups is 1. The summed E-state index contributed by atoms with van der Waals surface area (Å²) in [7, 11) is 0. The third-order valence-electron chi connectivity index (χ3n) is 3.84. The van der Waals surface area contributed by atoms with Crippen LogP contribution in [0.1, 0.15) is 28.6 Å². The summed E-state index contributed by atoms with van der Waals surface area (Å²) in [6.07, 6.45) is 1.49. The Morgan fingerprint density at radius 1 is 0.958 bits per heavy atom. The van der Waals surface area contributed by atoms with Crippen molar-refractivity contribution in [1.29, 1.82) is 0 Å². The van der Waals surface area contributed by atoms with E-state index < -0.39 is 0 Å². The van der Waals surface area contributed by atoms with Crippen LogP contribution in [-0.2, 0) is 0 Å². The molecule has 0 fully saturated rings. The lowest BCUT2D eigenvalue weighted by atomic mass is 10.0. The van der Waals surface area contributed by atoms with Crippen LogP contribution in [0.2, 0.25) is 0 Å². The molecule has 2 aromatic carbocycles. The van der Waals surface area contributed by atoms with Gasteiger partial charge in [-0.15, -0.1) is 0 Å². The minimum atomic E-state index is -0.276. The maximum absolute atomic E-state index is 12.0. The van der Waals surface area contributed by atoms with E-state index in [1.54, 1.807) is 13.0 Å². The Labute approximate surface area is 140 Å². The van der Waals surface area contributed by atoms with Crippen LogP contribution in [0.3, 0.4) is 0 Å². The van der Waals surface area contributed by atoms with Crippen molar-refractivity contribution >= 4 is 11.6 Å². The summed E-state index contributed by atoms with van der Waals surface area (Å²) in [6, 6.07) is 19.9. The molecule has 1 aromatic heterocycles. The average molecular weight is 318 g/mol. The van der Waals surface area contributed by atoms with Crippen LogP contribution in [0.4, 0.5) is 0 Å². The zero-order valence-corrected chi connectivity index (χ0v) is 13.6. The molecule has 0 bridgehead atoms. The summed E-state index contributed by atoms with van der Waals surface area (Å²) < 4.78 is 5.12. The molecule has 0 saturated carbocycles. The van der Waals surface area contributed by atoms with E-state index in [0.717, 1.165) is 16.8 Å². The Balaban J connectivity index is 1.72. The van der Waals surface area contributed by atoms with E-state index in [4.69, 9.17) is 4.42 Å². The molecule has 1 N–H and O–H groups in total. The highest BCUT2D eigenvalue weighted by atomic mass is 16.3. The molecule has 0 saturated heterocycles. The minimum absolute atomic E-state index is 0.276. The molecule has 0 unspecified atom stereocenters. The fourth-order valence-electron chi connectivity index (χ4n) is 2.41. The van der Waals surface area contributed by atoms with Gasteiger partial charge in [0.25, 0.3) is 5.91 Å². The SMILES string of the molecule is C/C(=N\NC(=O)c1ccoc1C)c1ccc(-c2ccccc2)cc1. The van der Waals surface area contributed by atoms with Gasteiger partial charge >= 0.3 is 0 Å². The second kappa shape index (κ2) is 6.96. The standard InChI is InChI=1S/C20H18N2O2/c1-14(21-22-20(23)19-12-13-24-15(19)2)16-8-10-18(11-9-16)17-6-4-3-5-7-17/h3-13H,1-2H3,(H,22,23)/b21-14+. The number of nitrogens with one attached hydrogen (secondary N) is 1. The highest BCUT2D eigenvalue weighted by molar-refractivity contribution is 6.01. The van der Waals surface area contributed by atoms with Gasteiger partial charge in [0.05, 0.1) is 17.5 Å². The third-order valence-corrected chi connectivity index (χ3v) is 3.84. The summed E-state index contributed by atoms with van der Waals surface area (Å²) in [4.78, 5) is 12.0. The normalized spacial score (nSPS) is 11.3. The fraction of sp³-hybridized carbons (Fsp3) is 0.100. The van der Waals surface area contributed by atoms with E-state index in [1.165, 1.54) is 11.8 Å². The van der Waals surface area contributed by atoms with Gasteiger partial charge in [0, 0.05) is 0 Å². The first-order valence-corrected chi connectivity index (χ1v) is 7.70. The van der Waals surface area contributed by atoms with E-state index in [9.17, 15) is 4.79 Å².